The van der Waals surface area contributed by atoms with Crippen molar-refractivity contribution in [2.45, 2.75) is 13.3 Å². The highest BCUT2D eigenvalue weighted by atomic mass is 35.5. The van der Waals surface area contributed by atoms with E-state index in [1.54, 1.807) is 16.8 Å². The van der Waals surface area contributed by atoms with E-state index in [1.165, 1.54) is 6.33 Å². The average Bonchev–Trinajstić information content (AvgIpc) is 2.80. The fourth-order valence-electron chi connectivity index (χ4n) is 3.41. The average molecular weight is 430 g/mol. The van der Waals surface area contributed by atoms with Crippen LogP contribution in [0.15, 0.2) is 84.0 Å². The summed E-state index contributed by atoms with van der Waals surface area (Å²) in [5, 5.41) is 1.97. The number of fused-ring (bicyclic) bond motifs is 2. The number of para-hydroxylation sites is 1. The monoisotopic (exact) mass is 429 g/mol. The summed E-state index contributed by atoms with van der Waals surface area (Å²) >= 11 is 6.20. The third kappa shape index (κ3) is 4.11. The molecule has 3 heterocycles. The molecule has 0 bridgehead atoms. The molecule has 0 aliphatic carbocycles. The molecule has 5 rings (SSSR count). The maximum absolute atomic E-state index is 12.8. The molecule has 7 heteroatoms. The molecule has 0 fully saturated rings. The van der Waals surface area contributed by atoms with E-state index in [4.69, 9.17) is 17.3 Å². The van der Waals surface area contributed by atoms with Gasteiger partial charge >= 0.3 is 0 Å². The Morgan fingerprint density at radius 2 is 1.77 bits per heavy atom. The molecule has 2 N–H and O–H groups in total. The SMILES string of the molecule is CCc1cc2cccc(Cl)c2c(=O)n1-c1ccccc1.Nc1ncnc2cccnc12. The highest BCUT2D eigenvalue weighted by molar-refractivity contribution is 6.35. The lowest BCUT2D eigenvalue weighted by Crippen LogP contribution is -2.22. The Morgan fingerprint density at radius 1 is 0.968 bits per heavy atom. The van der Waals surface area contributed by atoms with Gasteiger partial charge in [0, 0.05) is 17.6 Å². The number of anilines is 1. The van der Waals surface area contributed by atoms with Crippen LogP contribution in [0, 0.1) is 0 Å². The molecular weight excluding hydrogens is 410 g/mol. The number of hydrogen-bond donors (Lipinski definition) is 1. The number of aryl methyl sites for hydroxylation is 1. The Hall–Kier alpha value is -3.77. The Kier molecular flexibility index (Phi) is 5.91. The van der Waals surface area contributed by atoms with E-state index in [9.17, 15) is 4.79 Å². The van der Waals surface area contributed by atoms with Crippen molar-refractivity contribution >= 4 is 39.2 Å². The molecule has 0 aliphatic rings. The first-order valence-corrected chi connectivity index (χ1v) is 10.2. The fraction of sp³-hybridized carbons (Fsp3) is 0.0833. The van der Waals surface area contributed by atoms with Crippen LogP contribution in [0.4, 0.5) is 5.82 Å². The predicted molar refractivity (Wildman–Crippen MR) is 126 cm³/mol. The van der Waals surface area contributed by atoms with Gasteiger partial charge in [-0.05, 0) is 48.2 Å². The lowest BCUT2D eigenvalue weighted by molar-refractivity contribution is 0.889. The van der Waals surface area contributed by atoms with Crippen molar-refractivity contribution in [2.24, 2.45) is 0 Å². The second kappa shape index (κ2) is 8.93. The summed E-state index contributed by atoms with van der Waals surface area (Å²) in [6.07, 6.45) is 3.88. The van der Waals surface area contributed by atoms with E-state index >= 15 is 0 Å². The van der Waals surface area contributed by atoms with Gasteiger partial charge in [-0.15, -0.1) is 0 Å². The minimum Gasteiger partial charge on any atom is -0.382 e. The minimum absolute atomic E-state index is 0.0591. The molecule has 0 saturated carbocycles. The summed E-state index contributed by atoms with van der Waals surface area (Å²) in [5.41, 5.74) is 8.78. The molecule has 0 unspecified atom stereocenters. The lowest BCUT2D eigenvalue weighted by atomic mass is 10.1. The second-order valence-corrected chi connectivity index (χ2v) is 7.21. The summed E-state index contributed by atoms with van der Waals surface area (Å²) in [7, 11) is 0. The maximum Gasteiger partial charge on any atom is 0.264 e. The molecule has 5 aromatic rings. The van der Waals surface area contributed by atoms with Crippen molar-refractivity contribution in [3.8, 4) is 5.69 Å². The number of halogens is 1. The molecule has 0 spiro atoms. The van der Waals surface area contributed by atoms with Gasteiger partial charge in [-0.3, -0.25) is 14.3 Å². The predicted octanol–water partition coefficient (Wildman–Crippen LogP) is 4.81. The summed E-state index contributed by atoms with van der Waals surface area (Å²) in [6, 6.07) is 20.9. The summed E-state index contributed by atoms with van der Waals surface area (Å²) in [6.45, 7) is 2.05. The first kappa shape index (κ1) is 20.5. The zero-order valence-corrected chi connectivity index (χ0v) is 17.6. The molecule has 31 heavy (non-hydrogen) atoms. The Balaban J connectivity index is 0.000000177. The molecule has 0 radical (unpaired) electrons. The normalized spacial score (nSPS) is 10.6. The van der Waals surface area contributed by atoms with Crippen LogP contribution in [-0.2, 0) is 6.42 Å². The summed E-state index contributed by atoms with van der Waals surface area (Å²) < 4.78 is 1.74. The van der Waals surface area contributed by atoms with Gasteiger partial charge in [0.1, 0.15) is 11.8 Å². The van der Waals surface area contributed by atoms with Gasteiger partial charge < -0.3 is 5.73 Å². The van der Waals surface area contributed by atoms with Crippen molar-refractivity contribution in [2.75, 3.05) is 5.73 Å². The third-order valence-corrected chi connectivity index (χ3v) is 5.19. The second-order valence-electron chi connectivity index (χ2n) is 6.80. The number of aromatic nitrogens is 4. The van der Waals surface area contributed by atoms with E-state index in [0.717, 1.165) is 28.7 Å². The van der Waals surface area contributed by atoms with Gasteiger partial charge in [-0.25, -0.2) is 9.97 Å². The fourth-order valence-corrected chi connectivity index (χ4v) is 3.67. The van der Waals surface area contributed by atoms with Crippen LogP contribution in [0.5, 0.6) is 0 Å². The van der Waals surface area contributed by atoms with Gasteiger partial charge in [0.25, 0.3) is 5.56 Å². The smallest absolute Gasteiger partial charge is 0.264 e. The molecule has 0 saturated heterocycles. The largest absolute Gasteiger partial charge is 0.382 e. The molecule has 0 atom stereocenters. The zero-order valence-electron chi connectivity index (χ0n) is 16.9. The quantitative estimate of drug-likeness (QED) is 0.435. The van der Waals surface area contributed by atoms with Crippen LogP contribution in [0.1, 0.15) is 12.6 Å². The molecule has 0 amide bonds. The molecule has 2 aromatic carbocycles. The lowest BCUT2D eigenvalue weighted by Gasteiger charge is -2.14. The first-order valence-electron chi connectivity index (χ1n) is 9.80. The summed E-state index contributed by atoms with van der Waals surface area (Å²) in [5.74, 6) is 0.426. The Morgan fingerprint density at radius 3 is 2.52 bits per heavy atom. The van der Waals surface area contributed by atoms with Gasteiger partial charge in [-0.1, -0.05) is 48.9 Å². The van der Waals surface area contributed by atoms with E-state index < -0.39 is 0 Å². The number of benzene rings is 2. The van der Waals surface area contributed by atoms with Crippen LogP contribution in [0.3, 0.4) is 0 Å². The number of nitrogens with two attached hydrogens (primary N) is 1. The molecule has 3 aromatic heterocycles. The summed E-state index contributed by atoms with van der Waals surface area (Å²) in [4.78, 5) is 24.6. The molecule has 0 aliphatic heterocycles. The van der Waals surface area contributed by atoms with Gasteiger partial charge in [0.2, 0.25) is 0 Å². The highest BCUT2D eigenvalue weighted by Crippen LogP contribution is 2.22. The van der Waals surface area contributed by atoms with E-state index in [0.29, 0.717) is 21.7 Å². The van der Waals surface area contributed by atoms with Gasteiger partial charge in [-0.2, -0.15) is 0 Å². The van der Waals surface area contributed by atoms with E-state index in [-0.39, 0.29) is 5.56 Å². The van der Waals surface area contributed by atoms with Crippen LogP contribution >= 0.6 is 11.6 Å². The topological polar surface area (TPSA) is 86.7 Å². The zero-order chi connectivity index (χ0) is 21.8. The Labute approximate surface area is 184 Å². The molecule has 6 nitrogen and oxygen atoms in total. The van der Waals surface area contributed by atoms with Crippen molar-refractivity contribution in [1.29, 1.82) is 0 Å². The number of hydrogen-bond acceptors (Lipinski definition) is 5. The van der Waals surface area contributed by atoms with Crippen LogP contribution in [0.25, 0.3) is 27.5 Å². The third-order valence-electron chi connectivity index (χ3n) is 4.87. The number of pyridine rings is 2. The van der Waals surface area contributed by atoms with Gasteiger partial charge in [0.15, 0.2) is 5.82 Å². The van der Waals surface area contributed by atoms with Gasteiger partial charge in [0.05, 0.1) is 15.9 Å². The number of nitrogen functional groups attached to an aromatic ring is 1. The standard InChI is InChI=1S/C17H14ClNO.C7H6N4/c1-2-13-11-12-7-6-10-15(18)16(12)17(20)19(13)14-8-4-3-5-9-14;8-7-6-5(10-4-11-7)2-1-3-9-6/h3-11H,2H2,1H3;1-4H,(H2,8,10,11). The first-order chi connectivity index (χ1) is 15.1. The molecular formula is C24H20ClN5O. The number of nitrogens with zero attached hydrogens (tertiary/aromatic N) is 4. The van der Waals surface area contributed by atoms with Crippen molar-refractivity contribution < 1.29 is 0 Å². The van der Waals surface area contributed by atoms with Crippen molar-refractivity contribution in [1.82, 2.24) is 19.5 Å². The van der Waals surface area contributed by atoms with Crippen LogP contribution in [0.2, 0.25) is 5.02 Å². The van der Waals surface area contributed by atoms with Crippen LogP contribution < -0.4 is 11.3 Å². The molecule has 154 valence electrons. The number of rotatable bonds is 2. The maximum atomic E-state index is 12.8. The van der Waals surface area contributed by atoms with E-state index in [1.807, 2.05) is 67.6 Å². The van der Waals surface area contributed by atoms with Crippen LogP contribution in [-0.4, -0.2) is 19.5 Å². The van der Waals surface area contributed by atoms with Crippen molar-refractivity contribution in [3.63, 3.8) is 0 Å². The highest BCUT2D eigenvalue weighted by Gasteiger charge is 2.11. The Bertz CT molecular complexity index is 1410. The van der Waals surface area contributed by atoms with E-state index in [2.05, 4.69) is 15.0 Å². The van der Waals surface area contributed by atoms with Crippen molar-refractivity contribution in [3.05, 3.63) is 100 Å². The minimum atomic E-state index is -0.0591.